The Labute approximate surface area is 92.0 Å². The monoisotopic (exact) mass is 217 g/mol. The summed E-state index contributed by atoms with van der Waals surface area (Å²) in [5.74, 6) is -0.00147. The molecule has 0 bridgehead atoms. The van der Waals surface area contributed by atoms with E-state index in [0.717, 1.165) is 6.42 Å². The van der Waals surface area contributed by atoms with Crippen molar-refractivity contribution in [2.24, 2.45) is 5.92 Å². The smallest absolute Gasteiger partial charge is 0.222 e. The number of aliphatic hydroxyl groups is 1. The molecule has 1 amide bonds. The molecular formula is C11H23NO3. The maximum absolute atomic E-state index is 11.4. The highest BCUT2D eigenvalue weighted by Gasteiger charge is 2.21. The lowest BCUT2D eigenvalue weighted by Crippen LogP contribution is -2.42. The molecule has 0 aliphatic heterocycles. The third-order valence-corrected chi connectivity index (χ3v) is 2.55. The summed E-state index contributed by atoms with van der Waals surface area (Å²) in [5, 5.41) is 12.6. The molecule has 0 rings (SSSR count). The summed E-state index contributed by atoms with van der Waals surface area (Å²) in [6, 6.07) is 0. The standard InChI is InChI=1S/C11H23NO3/c1-5-9(2)10(13)12-8-11(3,14)6-7-15-4/h9,14H,5-8H2,1-4H3,(H,12,13). The van der Waals surface area contributed by atoms with Crippen LogP contribution in [0.1, 0.15) is 33.6 Å². The van der Waals surface area contributed by atoms with E-state index in [2.05, 4.69) is 5.32 Å². The van der Waals surface area contributed by atoms with Gasteiger partial charge in [0, 0.05) is 32.6 Å². The molecule has 0 aliphatic carbocycles. The first-order valence-electron chi connectivity index (χ1n) is 5.42. The quantitative estimate of drug-likeness (QED) is 0.667. The van der Waals surface area contributed by atoms with E-state index in [1.165, 1.54) is 0 Å². The van der Waals surface area contributed by atoms with Crippen molar-refractivity contribution in [1.82, 2.24) is 5.32 Å². The lowest BCUT2D eigenvalue weighted by atomic mass is 10.0. The normalized spacial score (nSPS) is 16.9. The number of hydrogen-bond acceptors (Lipinski definition) is 3. The van der Waals surface area contributed by atoms with Crippen molar-refractivity contribution < 1.29 is 14.6 Å². The largest absolute Gasteiger partial charge is 0.388 e. The van der Waals surface area contributed by atoms with Crippen LogP contribution in [0.5, 0.6) is 0 Å². The Morgan fingerprint density at radius 3 is 2.67 bits per heavy atom. The maximum atomic E-state index is 11.4. The number of nitrogens with one attached hydrogen (secondary N) is 1. The van der Waals surface area contributed by atoms with Gasteiger partial charge in [-0.3, -0.25) is 4.79 Å². The molecule has 0 aromatic heterocycles. The SMILES string of the molecule is CCC(C)C(=O)NCC(C)(O)CCOC. The third-order valence-electron chi connectivity index (χ3n) is 2.55. The van der Waals surface area contributed by atoms with E-state index >= 15 is 0 Å². The molecule has 0 aliphatic rings. The van der Waals surface area contributed by atoms with Crippen LogP contribution in [0.25, 0.3) is 0 Å². The van der Waals surface area contributed by atoms with Gasteiger partial charge in [0.15, 0.2) is 0 Å². The molecule has 0 radical (unpaired) electrons. The molecule has 90 valence electrons. The molecular weight excluding hydrogens is 194 g/mol. The van der Waals surface area contributed by atoms with Crippen molar-refractivity contribution in [3.63, 3.8) is 0 Å². The zero-order valence-electron chi connectivity index (χ0n) is 10.2. The molecule has 0 aromatic carbocycles. The summed E-state index contributed by atoms with van der Waals surface area (Å²) >= 11 is 0. The van der Waals surface area contributed by atoms with Gasteiger partial charge in [0.05, 0.1) is 5.60 Å². The highest BCUT2D eigenvalue weighted by Crippen LogP contribution is 2.08. The number of carbonyl (C=O) groups is 1. The van der Waals surface area contributed by atoms with Crippen LogP contribution in [0.3, 0.4) is 0 Å². The predicted molar refractivity (Wildman–Crippen MR) is 59.6 cm³/mol. The van der Waals surface area contributed by atoms with E-state index in [-0.39, 0.29) is 18.4 Å². The zero-order chi connectivity index (χ0) is 11.9. The third kappa shape index (κ3) is 6.47. The van der Waals surface area contributed by atoms with Crippen molar-refractivity contribution in [1.29, 1.82) is 0 Å². The minimum absolute atomic E-state index is 0.00299. The number of hydrogen-bond donors (Lipinski definition) is 2. The van der Waals surface area contributed by atoms with Crippen LogP contribution in [0, 0.1) is 5.92 Å². The Morgan fingerprint density at radius 2 is 2.20 bits per heavy atom. The molecule has 2 atom stereocenters. The van der Waals surface area contributed by atoms with Gasteiger partial charge in [0.2, 0.25) is 5.91 Å². The summed E-state index contributed by atoms with van der Waals surface area (Å²) in [6.45, 7) is 6.31. The van der Waals surface area contributed by atoms with Crippen molar-refractivity contribution >= 4 is 5.91 Å². The van der Waals surface area contributed by atoms with Gasteiger partial charge >= 0.3 is 0 Å². The molecule has 0 heterocycles. The lowest BCUT2D eigenvalue weighted by Gasteiger charge is -2.24. The first-order valence-corrected chi connectivity index (χ1v) is 5.42. The van der Waals surface area contributed by atoms with Gasteiger partial charge in [0.1, 0.15) is 0 Å². The second kappa shape index (κ2) is 6.80. The van der Waals surface area contributed by atoms with Gasteiger partial charge in [0.25, 0.3) is 0 Å². The number of methoxy groups -OCH3 is 1. The topological polar surface area (TPSA) is 58.6 Å². The van der Waals surface area contributed by atoms with Gasteiger partial charge in [-0.25, -0.2) is 0 Å². The second-order valence-corrected chi connectivity index (χ2v) is 4.27. The fourth-order valence-corrected chi connectivity index (χ4v) is 1.05. The highest BCUT2D eigenvalue weighted by atomic mass is 16.5. The molecule has 0 spiro atoms. The predicted octanol–water partition coefficient (Wildman–Crippen LogP) is 0.936. The fourth-order valence-electron chi connectivity index (χ4n) is 1.05. The van der Waals surface area contributed by atoms with E-state index < -0.39 is 5.60 Å². The van der Waals surface area contributed by atoms with E-state index in [9.17, 15) is 9.90 Å². The molecule has 0 saturated carbocycles. The van der Waals surface area contributed by atoms with E-state index in [0.29, 0.717) is 13.0 Å². The molecule has 4 nitrogen and oxygen atoms in total. The van der Waals surface area contributed by atoms with Gasteiger partial charge in [-0.05, 0) is 13.3 Å². The molecule has 0 fully saturated rings. The molecule has 0 saturated heterocycles. The van der Waals surface area contributed by atoms with Crippen molar-refractivity contribution in [3.8, 4) is 0 Å². The first-order chi connectivity index (χ1) is 6.93. The molecule has 0 aromatic rings. The highest BCUT2D eigenvalue weighted by molar-refractivity contribution is 5.78. The average Bonchev–Trinajstić information content (AvgIpc) is 2.22. The Morgan fingerprint density at radius 1 is 1.60 bits per heavy atom. The van der Waals surface area contributed by atoms with Crippen molar-refractivity contribution in [2.45, 2.75) is 39.2 Å². The summed E-state index contributed by atoms with van der Waals surface area (Å²) in [6.07, 6.45) is 1.33. The van der Waals surface area contributed by atoms with E-state index in [4.69, 9.17) is 4.74 Å². The van der Waals surface area contributed by atoms with Crippen molar-refractivity contribution in [3.05, 3.63) is 0 Å². The Kier molecular flexibility index (Phi) is 6.52. The summed E-state index contributed by atoms with van der Waals surface area (Å²) < 4.78 is 4.88. The summed E-state index contributed by atoms with van der Waals surface area (Å²) in [4.78, 5) is 11.4. The number of amides is 1. The zero-order valence-corrected chi connectivity index (χ0v) is 10.2. The van der Waals surface area contributed by atoms with E-state index in [1.54, 1.807) is 14.0 Å². The number of ether oxygens (including phenoxy) is 1. The van der Waals surface area contributed by atoms with Crippen LogP contribution < -0.4 is 5.32 Å². The first kappa shape index (κ1) is 14.4. The van der Waals surface area contributed by atoms with Gasteiger partial charge in [-0.1, -0.05) is 13.8 Å². The minimum atomic E-state index is -0.890. The second-order valence-electron chi connectivity index (χ2n) is 4.27. The Hall–Kier alpha value is -0.610. The molecule has 4 heteroatoms. The average molecular weight is 217 g/mol. The Bertz CT molecular complexity index is 192. The molecule has 2 unspecified atom stereocenters. The van der Waals surface area contributed by atoms with Crippen LogP contribution in [0.2, 0.25) is 0 Å². The van der Waals surface area contributed by atoms with Gasteiger partial charge in [-0.2, -0.15) is 0 Å². The van der Waals surface area contributed by atoms with Crippen LogP contribution >= 0.6 is 0 Å². The van der Waals surface area contributed by atoms with Crippen LogP contribution in [-0.2, 0) is 9.53 Å². The number of rotatable bonds is 7. The lowest BCUT2D eigenvalue weighted by molar-refractivity contribution is -0.125. The fraction of sp³-hybridized carbons (Fsp3) is 0.909. The van der Waals surface area contributed by atoms with Gasteiger partial charge in [-0.15, -0.1) is 0 Å². The Balaban J connectivity index is 3.86. The van der Waals surface area contributed by atoms with E-state index in [1.807, 2.05) is 13.8 Å². The van der Waals surface area contributed by atoms with Gasteiger partial charge < -0.3 is 15.2 Å². The minimum Gasteiger partial charge on any atom is -0.388 e. The van der Waals surface area contributed by atoms with Crippen molar-refractivity contribution in [2.75, 3.05) is 20.3 Å². The molecule has 2 N–H and O–H groups in total. The van der Waals surface area contributed by atoms with Crippen LogP contribution in [0.15, 0.2) is 0 Å². The molecule has 15 heavy (non-hydrogen) atoms. The van der Waals surface area contributed by atoms with Crippen LogP contribution in [-0.4, -0.2) is 36.9 Å². The maximum Gasteiger partial charge on any atom is 0.222 e. The summed E-state index contributed by atoms with van der Waals surface area (Å²) in [5.41, 5.74) is -0.890. The number of carbonyl (C=O) groups excluding carboxylic acids is 1. The van der Waals surface area contributed by atoms with Crippen LogP contribution in [0.4, 0.5) is 0 Å². The summed E-state index contributed by atoms with van der Waals surface area (Å²) in [7, 11) is 1.59.